The number of alkyl carbamates (subject to hydrolysis) is 1. The van der Waals surface area contributed by atoms with E-state index in [4.69, 9.17) is 9.84 Å². The number of carboxylic acids is 1. The topological polar surface area (TPSA) is 125 Å². The number of rotatable bonds is 10. The summed E-state index contributed by atoms with van der Waals surface area (Å²) in [7, 11) is 0. The summed E-state index contributed by atoms with van der Waals surface area (Å²) < 4.78 is 5.57. The van der Waals surface area contributed by atoms with Gasteiger partial charge in [0.05, 0.1) is 12.5 Å². The summed E-state index contributed by atoms with van der Waals surface area (Å²) in [5.74, 6) is -1.96. The van der Waals surface area contributed by atoms with Gasteiger partial charge in [0.1, 0.15) is 6.61 Å². The lowest BCUT2D eigenvalue weighted by Gasteiger charge is -2.21. The highest BCUT2D eigenvalue weighted by Gasteiger charge is 2.30. The molecule has 0 saturated heterocycles. The Kier molecular flexibility index (Phi) is 8.02. The number of carboxylic acid groups (broad SMARTS) is 1. The summed E-state index contributed by atoms with van der Waals surface area (Å²) in [6.07, 6.45) is 2.65. The summed E-state index contributed by atoms with van der Waals surface area (Å²) in [4.78, 5) is 36.1. The number of hydrogen-bond acceptors (Lipinski definition) is 5. The Labute approximate surface area is 204 Å². The fourth-order valence-corrected chi connectivity index (χ4v) is 5.22. The van der Waals surface area contributed by atoms with E-state index in [0.717, 1.165) is 47.9 Å². The van der Waals surface area contributed by atoms with Gasteiger partial charge in [-0.2, -0.15) is 0 Å². The highest BCUT2D eigenvalue weighted by Crippen LogP contribution is 2.44. The highest BCUT2D eigenvalue weighted by molar-refractivity contribution is 5.81. The van der Waals surface area contributed by atoms with E-state index >= 15 is 0 Å². The Hall–Kier alpha value is -3.39. The van der Waals surface area contributed by atoms with Gasteiger partial charge >= 0.3 is 12.1 Å². The smallest absolute Gasteiger partial charge is 0.407 e. The molecule has 0 aromatic heterocycles. The van der Waals surface area contributed by atoms with Crippen LogP contribution >= 0.6 is 0 Å². The Bertz CT molecular complexity index is 1020. The van der Waals surface area contributed by atoms with Gasteiger partial charge in [0.2, 0.25) is 5.91 Å². The van der Waals surface area contributed by atoms with Gasteiger partial charge in [-0.1, -0.05) is 74.2 Å². The first-order valence-corrected chi connectivity index (χ1v) is 12.2. The number of amides is 2. The van der Waals surface area contributed by atoms with E-state index in [-0.39, 0.29) is 31.5 Å². The van der Waals surface area contributed by atoms with Crippen molar-refractivity contribution in [2.24, 2.45) is 11.8 Å². The molecule has 1 unspecified atom stereocenters. The Morgan fingerprint density at radius 2 is 1.51 bits per heavy atom. The van der Waals surface area contributed by atoms with Gasteiger partial charge in [0, 0.05) is 12.5 Å². The lowest BCUT2D eigenvalue weighted by molar-refractivity contribution is -0.146. The van der Waals surface area contributed by atoms with Gasteiger partial charge in [-0.3, -0.25) is 4.79 Å². The third kappa shape index (κ3) is 6.00. The average molecular weight is 481 g/mol. The van der Waals surface area contributed by atoms with Gasteiger partial charge < -0.3 is 25.6 Å². The summed E-state index contributed by atoms with van der Waals surface area (Å²) in [5.41, 5.74) is 4.54. The molecule has 1 saturated carbocycles. The third-order valence-electron chi connectivity index (χ3n) is 7.05. The largest absolute Gasteiger partial charge is 0.479 e. The minimum Gasteiger partial charge on any atom is -0.479 e. The average Bonchev–Trinajstić information content (AvgIpc) is 3.49. The standard InChI is InChI=1S/C27H32N2O6/c30-24(26(32)33)15-28-25(31)18(13-17-7-1-2-8-17)14-29-27(34)35-16-23-21-11-5-3-9-19(21)20-10-4-6-12-22(20)23/h3-6,9-12,17-18,23-24,30H,1-2,7-8,13-16H2,(H,28,31)(H,29,34)(H,32,33)/t18?,24-/m0/s1. The molecule has 186 valence electrons. The van der Waals surface area contributed by atoms with Crippen LogP contribution < -0.4 is 10.6 Å². The van der Waals surface area contributed by atoms with Gasteiger partial charge in [-0.25, -0.2) is 9.59 Å². The first kappa shape index (κ1) is 24.7. The monoisotopic (exact) mass is 480 g/mol. The molecule has 8 heteroatoms. The van der Waals surface area contributed by atoms with E-state index in [0.29, 0.717) is 12.3 Å². The number of carbonyl (C=O) groups is 3. The first-order valence-electron chi connectivity index (χ1n) is 12.2. The van der Waals surface area contributed by atoms with Crippen LogP contribution in [0.4, 0.5) is 4.79 Å². The van der Waals surface area contributed by atoms with Crippen LogP contribution in [0.25, 0.3) is 11.1 Å². The van der Waals surface area contributed by atoms with Crippen molar-refractivity contribution in [3.05, 3.63) is 59.7 Å². The number of fused-ring (bicyclic) bond motifs is 3. The van der Waals surface area contributed by atoms with Crippen LogP contribution in [0, 0.1) is 11.8 Å². The molecule has 4 N–H and O–H groups in total. The van der Waals surface area contributed by atoms with Gasteiger partial charge in [-0.15, -0.1) is 0 Å². The lowest BCUT2D eigenvalue weighted by atomic mass is 9.92. The van der Waals surface area contributed by atoms with Crippen molar-refractivity contribution in [3.8, 4) is 11.1 Å². The maximum Gasteiger partial charge on any atom is 0.407 e. The van der Waals surface area contributed by atoms with Crippen LogP contribution in [0.15, 0.2) is 48.5 Å². The maximum absolute atomic E-state index is 12.7. The number of hydrogen-bond donors (Lipinski definition) is 4. The van der Waals surface area contributed by atoms with Crippen LogP contribution in [0.5, 0.6) is 0 Å². The molecule has 2 aliphatic rings. The maximum atomic E-state index is 12.7. The Balaban J connectivity index is 1.33. The molecule has 35 heavy (non-hydrogen) atoms. The second-order valence-corrected chi connectivity index (χ2v) is 9.39. The predicted octanol–water partition coefficient (Wildman–Crippen LogP) is 3.28. The molecule has 2 atom stereocenters. The number of aliphatic carboxylic acids is 1. The molecule has 4 rings (SSSR count). The Morgan fingerprint density at radius 3 is 2.11 bits per heavy atom. The van der Waals surface area contributed by atoms with Crippen molar-refractivity contribution >= 4 is 18.0 Å². The summed E-state index contributed by atoms with van der Waals surface area (Å²) in [5, 5.41) is 23.5. The summed E-state index contributed by atoms with van der Waals surface area (Å²) in [6.45, 7) is -0.105. The lowest BCUT2D eigenvalue weighted by Crippen LogP contribution is -2.43. The van der Waals surface area contributed by atoms with Crippen molar-refractivity contribution < 1.29 is 29.3 Å². The molecule has 0 heterocycles. The molecule has 0 spiro atoms. The van der Waals surface area contributed by atoms with Crippen LogP contribution in [-0.4, -0.2) is 54.0 Å². The molecular weight excluding hydrogens is 448 g/mol. The molecule has 0 bridgehead atoms. The van der Waals surface area contributed by atoms with Crippen molar-refractivity contribution in [1.29, 1.82) is 0 Å². The minimum atomic E-state index is -1.67. The molecule has 1 fully saturated rings. The van der Waals surface area contributed by atoms with Crippen LogP contribution in [0.1, 0.15) is 49.1 Å². The number of benzene rings is 2. The highest BCUT2D eigenvalue weighted by atomic mass is 16.5. The van der Waals surface area contributed by atoms with E-state index in [2.05, 4.69) is 34.9 Å². The zero-order chi connectivity index (χ0) is 24.8. The first-order chi connectivity index (χ1) is 16.9. The van der Waals surface area contributed by atoms with Crippen molar-refractivity contribution in [1.82, 2.24) is 10.6 Å². The molecule has 2 aliphatic carbocycles. The molecule has 2 aromatic carbocycles. The third-order valence-corrected chi connectivity index (χ3v) is 7.05. The van der Waals surface area contributed by atoms with Gasteiger partial charge in [0.25, 0.3) is 0 Å². The summed E-state index contributed by atoms with van der Waals surface area (Å²) in [6, 6.07) is 16.2. The zero-order valence-electron chi connectivity index (χ0n) is 19.6. The molecule has 2 amide bonds. The predicted molar refractivity (Wildman–Crippen MR) is 130 cm³/mol. The number of aliphatic hydroxyl groups is 1. The van der Waals surface area contributed by atoms with Crippen LogP contribution in [0.3, 0.4) is 0 Å². The zero-order valence-corrected chi connectivity index (χ0v) is 19.6. The fourth-order valence-electron chi connectivity index (χ4n) is 5.22. The molecule has 2 aromatic rings. The Morgan fingerprint density at radius 1 is 0.914 bits per heavy atom. The normalized spacial score (nSPS) is 16.7. The number of carbonyl (C=O) groups excluding carboxylic acids is 2. The van der Waals surface area contributed by atoms with E-state index in [9.17, 15) is 19.5 Å². The molecule has 8 nitrogen and oxygen atoms in total. The number of nitrogens with one attached hydrogen (secondary N) is 2. The second-order valence-electron chi connectivity index (χ2n) is 9.39. The van der Waals surface area contributed by atoms with E-state index < -0.39 is 24.1 Å². The molecular formula is C27H32N2O6. The minimum absolute atomic E-state index is 0.0526. The van der Waals surface area contributed by atoms with E-state index in [1.807, 2.05) is 24.3 Å². The molecule has 0 aliphatic heterocycles. The fraction of sp³-hybridized carbons (Fsp3) is 0.444. The summed E-state index contributed by atoms with van der Waals surface area (Å²) >= 11 is 0. The molecule has 0 radical (unpaired) electrons. The van der Waals surface area contributed by atoms with Crippen molar-refractivity contribution in [2.45, 2.75) is 44.1 Å². The van der Waals surface area contributed by atoms with Crippen molar-refractivity contribution in [2.75, 3.05) is 19.7 Å². The van der Waals surface area contributed by atoms with E-state index in [1.54, 1.807) is 0 Å². The number of aliphatic hydroxyl groups excluding tert-OH is 1. The SMILES string of the molecule is O=C(NCC(CC1CCCC1)C(=O)NC[C@H](O)C(=O)O)OCC1c2ccccc2-c2ccccc21. The van der Waals surface area contributed by atoms with E-state index in [1.165, 1.54) is 0 Å². The van der Waals surface area contributed by atoms with Crippen LogP contribution in [-0.2, 0) is 14.3 Å². The van der Waals surface area contributed by atoms with Crippen LogP contribution in [0.2, 0.25) is 0 Å². The van der Waals surface area contributed by atoms with Gasteiger partial charge in [0.15, 0.2) is 6.10 Å². The van der Waals surface area contributed by atoms with Gasteiger partial charge in [-0.05, 0) is 34.6 Å². The van der Waals surface area contributed by atoms with Crippen molar-refractivity contribution in [3.63, 3.8) is 0 Å². The quantitative estimate of drug-likeness (QED) is 0.414. The second kappa shape index (κ2) is 11.4. The number of ether oxygens (including phenoxy) is 1.